The summed E-state index contributed by atoms with van der Waals surface area (Å²) < 4.78 is 7.31. The number of aromatic nitrogens is 2. The molecule has 150 valence electrons. The molecule has 3 aromatic rings. The molecule has 29 heavy (non-hydrogen) atoms. The van der Waals surface area contributed by atoms with Gasteiger partial charge >= 0.3 is 0 Å². The third-order valence-electron chi connectivity index (χ3n) is 5.29. The van der Waals surface area contributed by atoms with Crippen molar-refractivity contribution in [2.75, 3.05) is 25.1 Å². The number of anilines is 1. The van der Waals surface area contributed by atoms with Gasteiger partial charge in [0.05, 0.1) is 24.7 Å². The van der Waals surface area contributed by atoms with E-state index in [1.807, 2.05) is 66.5 Å². The van der Waals surface area contributed by atoms with Crippen LogP contribution in [0.1, 0.15) is 28.8 Å². The molecule has 1 aliphatic rings. The number of rotatable bonds is 5. The van der Waals surface area contributed by atoms with Crippen molar-refractivity contribution >= 4 is 11.6 Å². The van der Waals surface area contributed by atoms with Crippen LogP contribution in [0.3, 0.4) is 0 Å². The zero-order valence-corrected chi connectivity index (χ0v) is 16.8. The summed E-state index contributed by atoms with van der Waals surface area (Å²) in [6.45, 7) is 3.74. The Bertz CT molecular complexity index is 981. The van der Waals surface area contributed by atoms with Crippen molar-refractivity contribution in [3.8, 4) is 11.4 Å². The fraction of sp³-hybridized carbons (Fsp3) is 0.304. The van der Waals surface area contributed by atoms with Crippen LogP contribution in [0.15, 0.2) is 60.9 Å². The number of methoxy groups -OCH3 is 1. The first-order valence-electron chi connectivity index (χ1n) is 9.94. The number of carbonyl (C=O) groups is 1. The Balaban J connectivity index is 1.41. The molecular formula is C23H26N4O2. The van der Waals surface area contributed by atoms with Crippen LogP contribution in [0.5, 0.6) is 5.75 Å². The predicted molar refractivity (Wildman–Crippen MR) is 114 cm³/mol. The van der Waals surface area contributed by atoms with Crippen LogP contribution in [0.25, 0.3) is 5.69 Å². The molecule has 6 nitrogen and oxygen atoms in total. The van der Waals surface area contributed by atoms with E-state index in [9.17, 15) is 4.79 Å². The molecule has 1 aromatic heterocycles. The van der Waals surface area contributed by atoms with Crippen LogP contribution < -0.4 is 15.0 Å². The number of amides is 1. The highest BCUT2D eigenvalue weighted by Crippen LogP contribution is 2.30. The van der Waals surface area contributed by atoms with Crippen LogP contribution >= 0.6 is 0 Å². The van der Waals surface area contributed by atoms with Crippen molar-refractivity contribution in [1.82, 2.24) is 15.1 Å². The molecule has 1 saturated heterocycles. The highest BCUT2D eigenvalue weighted by atomic mass is 16.5. The van der Waals surface area contributed by atoms with Crippen LogP contribution in [0.4, 0.5) is 5.69 Å². The molecule has 1 fully saturated rings. The molecule has 0 saturated carbocycles. The number of hydrogen-bond acceptors (Lipinski definition) is 4. The maximum Gasteiger partial charge on any atom is 0.251 e. The smallest absolute Gasteiger partial charge is 0.251 e. The van der Waals surface area contributed by atoms with E-state index in [4.69, 9.17) is 4.74 Å². The lowest BCUT2D eigenvalue weighted by Crippen LogP contribution is -2.47. The molecule has 1 atom stereocenters. The molecule has 2 aromatic carbocycles. The number of hydrogen-bond donors (Lipinski definition) is 1. The topological polar surface area (TPSA) is 59.4 Å². The number of nitrogens with one attached hydrogen (secondary N) is 1. The third kappa shape index (κ3) is 4.26. The average Bonchev–Trinajstić information content (AvgIpc) is 3.20. The lowest BCUT2D eigenvalue weighted by atomic mass is 10.0. The fourth-order valence-electron chi connectivity index (χ4n) is 3.79. The minimum absolute atomic E-state index is 0.0416. The highest BCUT2D eigenvalue weighted by Gasteiger charge is 2.23. The average molecular weight is 390 g/mol. The summed E-state index contributed by atoms with van der Waals surface area (Å²) in [5, 5.41) is 7.50. The maximum absolute atomic E-state index is 12.8. The highest BCUT2D eigenvalue weighted by molar-refractivity contribution is 5.94. The number of aryl methyl sites for hydroxylation is 1. The number of piperidine rings is 1. The molecule has 2 heterocycles. The minimum atomic E-state index is -0.0416. The largest absolute Gasteiger partial charge is 0.495 e. The molecule has 6 heteroatoms. The van der Waals surface area contributed by atoms with Gasteiger partial charge in [0.15, 0.2) is 0 Å². The molecule has 0 spiro atoms. The van der Waals surface area contributed by atoms with Crippen molar-refractivity contribution in [3.05, 3.63) is 72.1 Å². The van der Waals surface area contributed by atoms with Gasteiger partial charge in [-0.25, -0.2) is 4.68 Å². The van der Waals surface area contributed by atoms with Gasteiger partial charge in [0.1, 0.15) is 5.75 Å². The first-order valence-corrected chi connectivity index (χ1v) is 9.94. The van der Waals surface area contributed by atoms with Crippen molar-refractivity contribution < 1.29 is 9.53 Å². The van der Waals surface area contributed by atoms with Gasteiger partial charge in [-0.05, 0) is 61.7 Å². The van der Waals surface area contributed by atoms with Gasteiger partial charge in [-0.3, -0.25) is 4.79 Å². The van der Waals surface area contributed by atoms with Crippen molar-refractivity contribution in [3.63, 3.8) is 0 Å². The molecule has 4 rings (SSSR count). The number of para-hydroxylation sites is 2. The monoisotopic (exact) mass is 390 g/mol. The van der Waals surface area contributed by atoms with Gasteiger partial charge in [-0.2, -0.15) is 5.10 Å². The lowest BCUT2D eigenvalue weighted by Gasteiger charge is -2.35. The molecule has 0 radical (unpaired) electrons. The standard InChI is InChI=1S/C23H26N4O2/c1-17-14-24-27(15-17)20-11-9-18(10-12-20)23(28)25-19-6-5-13-26(16-19)21-7-3-4-8-22(21)29-2/h3-4,7-12,14-15,19H,5-6,13,16H2,1-2H3,(H,25,28). The fourth-order valence-corrected chi connectivity index (χ4v) is 3.79. The molecule has 0 bridgehead atoms. The molecule has 1 unspecified atom stereocenters. The maximum atomic E-state index is 12.8. The first-order chi connectivity index (χ1) is 14.1. The normalized spacial score (nSPS) is 16.5. The van der Waals surface area contributed by atoms with E-state index < -0.39 is 0 Å². The van der Waals surface area contributed by atoms with Gasteiger partial charge in [0, 0.05) is 30.9 Å². The second-order valence-electron chi connectivity index (χ2n) is 7.44. The number of carbonyl (C=O) groups excluding carboxylic acids is 1. The van der Waals surface area contributed by atoms with Crippen molar-refractivity contribution in [1.29, 1.82) is 0 Å². The number of ether oxygens (including phenoxy) is 1. The Morgan fingerprint density at radius 2 is 1.97 bits per heavy atom. The van der Waals surface area contributed by atoms with Crippen LogP contribution in [-0.4, -0.2) is 41.9 Å². The van der Waals surface area contributed by atoms with E-state index in [0.29, 0.717) is 5.56 Å². The predicted octanol–water partition coefficient (Wildman–Crippen LogP) is 3.59. The van der Waals surface area contributed by atoms with Crippen molar-refractivity contribution in [2.45, 2.75) is 25.8 Å². The SMILES string of the molecule is COc1ccccc1N1CCCC(NC(=O)c2ccc(-n3cc(C)cn3)cc2)C1. The summed E-state index contributed by atoms with van der Waals surface area (Å²) >= 11 is 0. The Kier molecular flexibility index (Phi) is 5.51. The molecule has 1 N–H and O–H groups in total. The number of nitrogens with zero attached hydrogens (tertiary/aromatic N) is 3. The lowest BCUT2D eigenvalue weighted by molar-refractivity contribution is 0.0933. The second-order valence-corrected chi connectivity index (χ2v) is 7.44. The van der Waals surface area contributed by atoms with E-state index in [-0.39, 0.29) is 11.9 Å². The molecular weight excluding hydrogens is 364 g/mol. The Morgan fingerprint density at radius 1 is 1.17 bits per heavy atom. The molecule has 1 amide bonds. The Hall–Kier alpha value is -3.28. The van der Waals surface area contributed by atoms with Gasteiger partial charge in [-0.15, -0.1) is 0 Å². The summed E-state index contributed by atoms with van der Waals surface area (Å²) in [5.41, 5.74) is 3.78. The zero-order valence-electron chi connectivity index (χ0n) is 16.8. The molecule has 0 aliphatic carbocycles. The van der Waals surface area contributed by atoms with Crippen LogP contribution in [0, 0.1) is 6.92 Å². The summed E-state index contributed by atoms with van der Waals surface area (Å²) in [5.74, 6) is 0.823. The Labute approximate surface area is 171 Å². The number of benzene rings is 2. The summed E-state index contributed by atoms with van der Waals surface area (Å²) in [4.78, 5) is 15.0. The molecule has 1 aliphatic heterocycles. The van der Waals surface area contributed by atoms with Crippen LogP contribution in [0.2, 0.25) is 0 Å². The van der Waals surface area contributed by atoms with Gasteiger partial charge in [0.2, 0.25) is 0 Å². The summed E-state index contributed by atoms with van der Waals surface area (Å²) in [6.07, 6.45) is 5.78. The zero-order chi connectivity index (χ0) is 20.2. The Morgan fingerprint density at radius 3 is 2.69 bits per heavy atom. The summed E-state index contributed by atoms with van der Waals surface area (Å²) in [6, 6.07) is 15.7. The second kappa shape index (κ2) is 8.39. The quantitative estimate of drug-likeness (QED) is 0.723. The van der Waals surface area contributed by atoms with Crippen LogP contribution in [-0.2, 0) is 0 Å². The minimum Gasteiger partial charge on any atom is -0.495 e. The third-order valence-corrected chi connectivity index (χ3v) is 5.29. The van der Waals surface area contributed by atoms with Crippen molar-refractivity contribution in [2.24, 2.45) is 0 Å². The van der Waals surface area contributed by atoms with E-state index >= 15 is 0 Å². The van der Waals surface area contributed by atoms with E-state index in [2.05, 4.69) is 21.4 Å². The summed E-state index contributed by atoms with van der Waals surface area (Å²) in [7, 11) is 1.69. The van der Waals surface area contributed by atoms with Gasteiger partial charge in [0.25, 0.3) is 5.91 Å². The van der Waals surface area contributed by atoms with E-state index in [0.717, 1.165) is 48.6 Å². The van der Waals surface area contributed by atoms with E-state index in [1.54, 1.807) is 7.11 Å². The van der Waals surface area contributed by atoms with Gasteiger partial charge < -0.3 is 15.0 Å². The first kappa shape index (κ1) is 19.1. The van der Waals surface area contributed by atoms with E-state index in [1.165, 1.54) is 0 Å². The van der Waals surface area contributed by atoms with Gasteiger partial charge in [-0.1, -0.05) is 12.1 Å².